The lowest BCUT2D eigenvalue weighted by atomic mass is 9.84. The minimum absolute atomic E-state index is 0.149. The van der Waals surface area contributed by atoms with Crippen LogP contribution >= 0.6 is 0 Å². The lowest BCUT2D eigenvalue weighted by Gasteiger charge is -2.33. The van der Waals surface area contributed by atoms with E-state index >= 15 is 0 Å². The number of aliphatic carboxylic acids is 1. The number of nitrogens with zero attached hydrogens (tertiary/aromatic N) is 1. The van der Waals surface area contributed by atoms with Gasteiger partial charge in [-0.3, -0.25) is 19.8 Å². The quantitative estimate of drug-likeness (QED) is 0.152. The summed E-state index contributed by atoms with van der Waals surface area (Å²) in [6, 6.07) is 9.74. The summed E-state index contributed by atoms with van der Waals surface area (Å²) in [6.45, 7) is 1.46. The Kier molecular flexibility index (Phi) is 9.92. The number of hydrogen-bond acceptors (Lipinski definition) is 8. The monoisotopic (exact) mass is 513 g/mol. The summed E-state index contributed by atoms with van der Waals surface area (Å²) in [4.78, 5) is 53.5. The van der Waals surface area contributed by atoms with Gasteiger partial charge in [-0.1, -0.05) is 24.3 Å². The molecule has 0 aliphatic carbocycles. The van der Waals surface area contributed by atoms with Gasteiger partial charge in [0.05, 0.1) is 13.7 Å². The number of aryl methyl sites for hydroxylation is 1. The van der Waals surface area contributed by atoms with Gasteiger partial charge in [0.1, 0.15) is 17.2 Å². The number of amidine groups is 1. The zero-order chi connectivity index (χ0) is 27.6. The van der Waals surface area contributed by atoms with Gasteiger partial charge in [-0.25, -0.2) is 9.78 Å². The summed E-state index contributed by atoms with van der Waals surface area (Å²) in [5.74, 6) is -2.34. The summed E-state index contributed by atoms with van der Waals surface area (Å²) in [5.41, 5.74) is 11.7. The number of rotatable bonds is 12. The molecule has 2 aromatic rings. The number of amides is 3. The van der Waals surface area contributed by atoms with Gasteiger partial charge in [-0.15, -0.1) is 0 Å². The molecule has 13 nitrogen and oxygen atoms in total. The maximum Gasteiger partial charge on any atom is 0.407 e. The third kappa shape index (κ3) is 8.49. The first-order chi connectivity index (χ1) is 17.5. The molecule has 0 aliphatic heterocycles. The zero-order valence-corrected chi connectivity index (χ0v) is 20.6. The molecule has 2 rings (SSSR count). The number of anilines is 1. The smallest absolute Gasteiger partial charge is 0.407 e. The molecule has 0 radical (unpaired) electrons. The van der Waals surface area contributed by atoms with Gasteiger partial charge in [0.25, 0.3) is 0 Å². The fourth-order valence-electron chi connectivity index (χ4n) is 3.59. The van der Waals surface area contributed by atoms with Crippen LogP contribution in [0.2, 0.25) is 0 Å². The van der Waals surface area contributed by atoms with Crippen molar-refractivity contribution < 1.29 is 29.0 Å². The molecule has 0 unspecified atom stereocenters. The van der Waals surface area contributed by atoms with Crippen molar-refractivity contribution in [1.82, 2.24) is 20.9 Å². The molecule has 0 fully saturated rings. The first-order valence-corrected chi connectivity index (χ1v) is 11.2. The highest BCUT2D eigenvalue weighted by molar-refractivity contribution is 5.95. The van der Waals surface area contributed by atoms with E-state index in [0.29, 0.717) is 22.6 Å². The minimum Gasteiger partial charge on any atom is -0.481 e. The first-order valence-electron chi connectivity index (χ1n) is 11.2. The van der Waals surface area contributed by atoms with Crippen LogP contribution in [0.4, 0.5) is 10.6 Å². The Morgan fingerprint density at radius 3 is 2.51 bits per heavy atom. The van der Waals surface area contributed by atoms with Crippen LogP contribution in [-0.4, -0.2) is 59.0 Å². The molecule has 0 bridgehead atoms. The molecular weight excluding hydrogens is 482 g/mol. The average Bonchev–Trinajstić information content (AvgIpc) is 2.85. The summed E-state index contributed by atoms with van der Waals surface area (Å²) in [7, 11) is 1.10. The third-order valence-electron chi connectivity index (χ3n) is 5.57. The summed E-state index contributed by atoms with van der Waals surface area (Å²) < 4.78 is 4.67. The number of benzene rings is 1. The molecule has 1 aromatic carbocycles. The second kappa shape index (κ2) is 12.9. The highest BCUT2D eigenvalue weighted by atomic mass is 16.5. The third-order valence-corrected chi connectivity index (χ3v) is 5.57. The van der Waals surface area contributed by atoms with E-state index in [1.807, 2.05) is 0 Å². The van der Waals surface area contributed by atoms with Gasteiger partial charge in [0.15, 0.2) is 0 Å². The number of carbonyl (C=O) groups excluding carboxylic acids is 3. The van der Waals surface area contributed by atoms with Crippen molar-refractivity contribution in [2.75, 3.05) is 19.4 Å². The molecule has 1 heterocycles. The van der Waals surface area contributed by atoms with Crippen LogP contribution in [0.1, 0.15) is 35.2 Å². The van der Waals surface area contributed by atoms with Crippen molar-refractivity contribution in [3.05, 3.63) is 58.8 Å². The van der Waals surface area contributed by atoms with Crippen LogP contribution in [-0.2, 0) is 32.1 Å². The normalized spacial score (nSPS) is 12.1. The maximum atomic E-state index is 13.4. The fourth-order valence-corrected chi connectivity index (χ4v) is 3.59. The highest BCUT2D eigenvalue weighted by Crippen LogP contribution is 2.22. The number of pyridine rings is 1. The predicted molar refractivity (Wildman–Crippen MR) is 135 cm³/mol. The molecule has 3 amide bonds. The topological polar surface area (TPSA) is 223 Å². The second-order valence-electron chi connectivity index (χ2n) is 8.32. The van der Waals surface area contributed by atoms with Crippen molar-refractivity contribution in [1.29, 1.82) is 5.41 Å². The standard InChI is InChI=1S/C24H31N7O6/c1-14-17(6-7-18(25)30-14)12-28-19(32)13-29-22(35)24(9-8-20(33)34,31-23(36)37-2)11-15-4-3-5-16(10-15)21(26)27/h3-7,10H,8-9,11-13H2,1-2H3,(H2,25,30)(H3,26,27)(H,28,32)(H,29,35)(H,31,36)(H,33,34)/t24-/m0/s1. The van der Waals surface area contributed by atoms with E-state index in [0.717, 1.165) is 12.7 Å². The second-order valence-corrected chi connectivity index (χ2v) is 8.32. The molecular formula is C24H31N7O6. The predicted octanol–water partition coefficient (Wildman–Crippen LogP) is 0.191. The number of ether oxygens (including phenoxy) is 1. The van der Waals surface area contributed by atoms with E-state index < -0.39 is 42.4 Å². The van der Waals surface area contributed by atoms with Gasteiger partial charge in [-0.05, 0) is 36.6 Å². The Morgan fingerprint density at radius 1 is 1.16 bits per heavy atom. The fraction of sp³-hybridized carbons (Fsp3) is 0.333. The van der Waals surface area contributed by atoms with Crippen molar-refractivity contribution in [2.24, 2.45) is 5.73 Å². The molecule has 0 spiro atoms. The number of carbonyl (C=O) groups is 4. The molecule has 1 atom stereocenters. The molecule has 1 aromatic heterocycles. The molecule has 0 aliphatic rings. The molecule has 37 heavy (non-hydrogen) atoms. The first kappa shape index (κ1) is 28.6. The largest absolute Gasteiger partial charge is 0.481 e. The lowest BCUT2D eigenvalue weighted by Crippen LogP contribution is -2.61. The number of carboxylic acid groups (broad SMARTS) is 1. The van der Waals surface area contributed by atoms with Gasteiger partial charge in [0.2, 0.25) is 11.8 Å². The van der Waals surface area contributed by atoms with Crippen LogP contribution in [0.25, 0.3) is 0 Å². The van der Waals surface area contributed by atoms with E-state index in [1.54, 1.807) is 43.3 Å². The van der Waals surface area contributed by atoms with Crippen LogP contribution in [0, 0.1) is 12.3 Å². The number of nitrogen functional groups attached to an aromatic ring is 2. The number of aromatic nitrogens is 1. The van der Waals surface area contributed by atoms with E-state index in [1.165, 1.54) is 0 Å². The van der Waals surface area contributed by atoms with Gasteiger partial charge < -0.3 is 37.3 Å². The van der Waals surface area contributed by atoms with Crippen molar-refractivity contribution in [3.63, 3.8) is 0 Å². The van der Waals surface area contributed by atoms with Gasteiger partial charge in [-0.2, -0.15) is 0 Å². The molecule has 0 saturated heterocycles. The average molecular weight is 514 g/mol. The van der Waals surface area contributed by atoms with E-state index in [9.17, 15) is 24.3 Å². The number of alkyl carbamates (subject to hydrolysis) is 1. The Morgan fingerprint density at radius 2 is 1.89 bits per heavy atom. The Balaban J connectivity index is 2.23. The summed E-state index contributed by atoms with van der Waals surface area (Å²) in [6.07, 6.45) is -1.87. The molecule has 0 saturated carbocycles. The van der Waals surface area contributed by atoms with E-state index in [4.69, 9.17) is 16.9 Å². The van der Waals surface area contributed by atoms with Crippen LogP contribution in [0.15, 0.2) is 36.4 Å². The van der Waals surface area contributed by atoms with Crippen LogP contribution < -0.4 is 27.4 Å². The number of hydrogen-bond donors (Lipinski definition) is 7. The van der Waals surface area contributed by atoms with Crippen LogP contribution in [0.3, 0.4) is 0 Å². The van der Waals surface area contributed by atoms with Crippen molar-refractivity contribution in [2.45, 2.75) is 38.3 Å². The Labute approximate surface area is 213 Å². The number of nitrogens with one attached hydrogen (secondary N) is 4. The Bertz CT molecular complexity index is 1190. The Hall–Kier alpha value is -4.68. The SMILES string of the molecule is COC(=O)N[C@@](CCC(=O)O)(Cc1cccc(C(=N)N)c1)C(=O)NCC(=O)NCc1ccc(N)nc1C. The van der Waals surface area contributed by atoms with Crippen LogP contribution in [0.5, 0.6) is 0 Å². The maximum absolute atomic E-state index is 13.4. The number of nitrogens with two attached hydrogens (primary N) is 2. The molecule has 9 N–H and O–H groups in total. The summed E-state index contributed by atoms with van der Waals surface area (Å²) in [5, 5.41) is 24.5. The molecule has 13 heteroatoms. The zero-order valence-electron chi connectivity index (χ0n) is 20.6. The molecule has 198 valence electrons. The van der Waals surface area contributed by atoms with Crippen molar-refractivity contribution >= 4 is 35.5 Å². The van der Waals surface area contributed by atoms with E-state index in [2.05, 4.69) is 25.7 Å². The van der Waals surface area contributed by atoms with E-state index in [-0.39, 0.29) is 25.2 Å². The summed E-state index contributed by atoms with van der Waals surface area (Å²) >= 11 is 0. The number of carboxylic acids is 1. The van der Waals surface area contributed by atoms with Crippen molar-refractivity contribution in [3.8, 4) is 0 Å². The number of methoxy groups -OCH3 is 1. The highest BCUT2D eigenvalue weighted by Gasteiger charge is 2.41. The van der Waals surface area contributed by atoms with Gasteiger partial charge >= 0.3 is 12.1 Å². The minimum atomic E-state index is -1.78. The lowest BCUT2D eigenvalue weighted by molar-refractivity contribution is -0.138. The van der Waals surface area contributed by atoms with Gasteiger partial charge in [0, 0.05) is 30.6 Å².